The fourth-order valence-corrected chi connectivity index (χ4v) is 2.09. The van der Waals surface area contributed by atoms with Crippen molar-refractivity contribution in [1.29, 1.82) is 0 Å². The van der Waals surface area contributed by atoms with E-state index in [4.69, 9.17) is 4.74 Å². The van der Waals surface area contributed by atoms with E-state index in [1.165, 1.54) is 6.20 Å². The monoisotopic (exact) mass is 288 g/mol. The van der Waals surface area contributed by atoms with Crippen molar-refractivity contribution in [2.24, 2.45) is 0 Å². The maximum atomic E-state index is 11.2. The third-order valence-corrected chi connectivity index (χ3v) is 3.19. The number of ether oxygens (including phenoxy) is 1. The summed E-state index contributed by atoms with van der Waals surface area (Å²) in [5.74, 6) is 1.07. The quantitative estimate of drug-likeness (QED) is 0.687. The maximum absolute atomic E-state index is 11.2. The SMILES string of the molecule is CNc1ncc([N+](=O)[O-])c(-c2cc(C)c(OC)cc2C)n1. The first-order valence-electron chi connectivity index (χ1n) is 6.32. The number of nitrogens with zero attached hydrogens (tertiary/aromatic N) is 3. The van der Waals surface area contributed by atoms with Crippen molar-refractivity contribution in [2.75, 3.05) is 19.5 Å². The van der Waals surface area contributed by atoms with Crippen LogP contribution in [0.25, 0.3) is 11.3 Å². The van der Waals surface area contributed by atoms with Crippen molar-refractivity contribution >= 4 is 11.6 Å². The van der Waals surface area contributed by atoms with E-state index >= 15 is 0 Å². The maximum Gasteiger partial charge on any atom is 0.313 e. The third kappa shape index (κ3) is 2.76. The molecular formula is C14H16N4O3. The molecule has 21 heavy (non-hydrogen) atoms. The first-order valence-corrected chi connectivity index (χ1v) is 6.32. The summed E-state index contributed by atoms with van der Waals surface area (Å²) in [4.78, 5) is 18.9. The first-order chi connectivity index (χ1) is 9.97. The van der Waals surface area contributed by atoms with Crippen molar-refractivity contribution in [1.82, 2.24) is 9.97 Å². The molecule has 110 valence electrons. The molecule has 2 aromatic rings. The Bertz CT molecular complexity index is 701. The highest BCUT2D eigenvalue weighted by atomic mass is 16.6. The van der Waals surface area contributed by atoms with Crippen LogP contribution in [0.3, 0.4) is 0 Å². The molecule has 0 saturated heterocycles. The van der Waals surface area contributed by atoms with Crippen LogP contribution in [0, 0.1) is 24.0 Å². The van der Waals surface area contributed by atoms with Gasteiger partial charge in [0, 0.05) is 12.6 Å². The average molecular weight is 288 g/mol. The van der Waals surface area contributed by atoms with Crippen LogP contribution in [0.2, 0.25) is 0 Å². The Balaban J connectivity index is 2.70. The average Bonchev–Trinajstić information content (AvgIpc) is 2.48. The summed E-state index contributed by atoms with van der Waals surface area (Å²) < 4.78 is 5.26. The van der Waals surface area contributed by atoms with E-state index in [9.17, 15) is 10.1 Å². The molecule has 0 fully saturated rings. The number of aryl methyl sites for hydroxylation is 2. The van der Waals surface area contributed by atoms with E-state index in [1.807, 2.05) is 26.0 Å². The molecule has 0 atom stereocenters. The molecule has 0 unspecified atom stereocenters. The van der Waals surface area contributed by atoms with Gasteiger partial charge >= 0.3 is 5.69 Å². The van der Waals surface area contributed by atoms with Gasteiger partial charge in [-0.1, -0.05) is 0 Å². The fraction of sp³-hybridized carbons (Fsp3) is 0.286. The molecular weight excluding hydrogens is 272 g/mol. The number of rotatable bonds is 4. The first kappa shape index (κ1) is 14.7. The summed E-state index contributed by atoms with van der Waals surface area (Å²) in [6, 6.07) is 3.68. The molecule has 0 bridgehead atoms. The highest BCUT2D eigenvalue weighted by Crippen LogP contribution is 2.34. The smallest absolute Gasteiger partial charge is 0.313 e. The third-order valence-electron chi connectivity index (χ3n) is 3.19. The summed E-state index contributed by atoms with van der Waals surface area (Å²) in [5, 5.41) is 14.0. The van der Waals surface area contributed by atoms with Crippen LogP contribution >= 0.6 is 0 Å². The van der Waals surface area contributed by atoms with Gasteiger partial charge in [-0.05, 0) is 37.1 Å². The molecule has 0 spiro atoms. The van der Waals surface area contributed by atoms with E-state index in [1.54, 1.807) is 14.2 Å². The topological polar surface area (TPSA) is 90.2 Å². The Labute approximate surface area is 122 Å². The van der Waals surface area contributed by atoms with E-state index in [0.717, 1.165) is 16.9 Å². The van der Waals surface area contributed by atoms with E-state index in [2.05, 4.69) is 15.3 Å². The zero-order chi connectivity index (χ0) is 15.6. The Kier molecular flexibility index (Phi) is 4.02. The van der Waals surface area contributed by atoms with Gasteiger partial charge in [0.25, 0.3) is 0 Å². The molecule has 0 aliphatic heterocycles. The van der Waals surface area contributed by atoms with Crippen LogP contribution < -0.4 is 10.1 Å². The van der Waals surface area contributed by atoms with Crippen molar-refractivity contribution < 1.29 is 9.66 Å². The largest absolute Gasteiger partial charge is 0.496 e. The second kappa shape index (κ2) is 5.74. The van der Waals surface area contributed by atoms with Gasteiger partial charge in [-0.2, -0.15) is 0 Å². The number of aromatic nitrogens is 2. The number of methoxy groups -OCH3 is 1. The van der Waals surface area contributed by atoms with Gasteiger partial charge in [0.15, 0.2) is 5.69 Å². The minimum atomic E-state index is -0.478. The standard InChI is InChI=1S/C14H16N4O3/c1-8-6-12(21-4)9(2)5-10(8)13-11(18(19)20)7-16-14(15-3)17-13/h5-7H,1-4H3,(H,15,16,17). The van der Waals surface area contributed by atoms with Gasteiger partial charge in [-0.25, -0.2) is 9.97 Å². The summed E-state index contributed by atoms with van der Waals surface area (Å²) in [6.07, 6.45) is 1.22. The Morgan fingerprint density at radius 1 is 1.29 bits per heavy atom. The lowest BCUT2D eigenvalue weighted by Crippen LogP contribution is -2.03. The highest BCUT2D eigenvalue weighted by Gasteiger charge is 2.21. The molecule has 0 radical (unpaired) electrons. The molecule has 7 nitrogen and oxygen atoms in total. The number of hydrogen-bond acceptors (Lipinski definition) is 6. The van der Waals surface area contributed by atoms with Crippen LogP contribution in [0.1, 0.15) is 11.1 Å². The molecule has 1 heterocycles. The molecule has 0 amide bonds. The minimum absolute atomic E-state index is 0.123. The second-order valence-corrected chi connectivity index (χ2v) is 4.57. The molecule has 1 N–H and O–H groups in total. The normalized spacial score (nSPS) is 10.3. The van der Waals surface area contributed by atoms with Crippen LogP contribution in [0.4, 0.5) is 11.6 Å². The minimum Gasteiger partial charge on any atom is -0.496 e. The number of nitro groups is 1. The van der Waals surface area contributed by atoms with Crippen LogP contribution in [-0.4, -0.2) is 29.0 Å². The zero-order valence-corrected chi connectivity index (χ0v) is 12.3. The molecule has 2 rings (SSSR count). The number of anilines is 1. The fourth-order valence-electron chi connectivity index (χ4n) is 2.09. The lowest BCUT2D eigenvalue weighted by atomic mass is 10.0. The van der Waals surface area contributed by atoms with Gasteiger partial charge in [0.2, 0.25) is 5.95 Å². The van der Waals surface area contributed by atoms with Crippen molar-refractivity contribution in [2.45, 2.75) is 13.8 Å². The molecule has 1 aromatic carbocycles. The van der Waals surface area contributed by atoms with Gasteiger partial charge < -0.3 is 10.1 Å². The van der Waals surface area contributed by atoms with Crippen LogP contribution in [-0.2, 0) is 0 Å². The van der Waals surface area contributed by atoms with E-state index in [-0.39, 0.29) is 5.69 Å². The van der Waals surface area contributed by atoms with Gasteiger partial charge in [0.1, 0.15) is 11.9 Å². The Morgan fingerprint density at radius 2 is 2.00 bits per heavy atom. The molecule has 0 aliphatic rings. The Morgan fingerprint density at radius 3 is 2.57 bits per heavy atom. The summed E-state index contributed by atoms with van der Waals surface area (Å²) in [5.41, 5.74) is 2.60. The summed E-state index contributed by atoms with van der Waals surface area (Å²) in [7, 11) is 3.25. The lowest BCUT2D eigenvalue weighted by Gasteiger charge is -2.11. The molecule has 0 saturated carbocycles. The predicted octanol–water partition coefficient (Wildman–Crippen LogP) is 2.72. The van der Waals surface area contributed by atoms with Gasteiger partial charge in [-0.15, -0.1) is 0 Å². The molecule has 7 heteroatoms. The lowest BCUT2D eigenvalue weighted by molar-refractivity contribution is -0.384. The van der Waals surface area contributed by atoms with E-state index in [0.29, 0.717) is 17.2 Å². The molecule has 1 aromatic heterocycles. The Hall–Kier alpha value is -2.70. The van der Waals surface area contributed by atoms with Crippen molar-refractivity contribution in [3.05, 3.63) is 39.6 Å². The van der Waals surface area contributed by atoms with E-state index < -0.39 is 4.92 Å². The van der Waals surface area contributed by atoms with Gasteiger partial charge in [0.05, 0.1) is 12.0 Å². The van der Waals surface area contributed by atoms with Crippen LogP contribution in [0.15, 0.2) is 18.3 Å². The number of nitrogens with one attached hydrogen (secondary N) is 1. The predicted molar refractivity (Wildman–Crippen MR) is 79.7 cm³/mol. The van der Waals surface area contributed by atoms with Crippen LogP contribution in [0.5, 0.6) is 5.75 Å². The highest BCUT2D eigenvalue weighted by molar-refractivity contribution is 5.74. The zero-order valence-electron chi connectivity index (χ0n) is 12.3. The number of benzene rings is 1. The van der Waals surface area contributed by atoms with Crippen molar-refractivity contribution in [3.8, 4) is 17.0 Å². The summed E-state index contributed by atoms with van der Waals surface area (Å²) >= 11 is 0. The van der Waals surface area contributed by atoms with Gasteiger partial charge in [-0.3, -0.25) is 10.1 Å². The van der Waals surface area contributed by atoms with Crippen molar-refractivity contribution in [3.63, 3.8) is 0 Å². The molecule has 0 aliphatic carbocycles. The second-order valence-electron chi connectivity index (χ2n) is 4.57. The summed E-state index contributed by atoms with van der Waals surface area (Å²) in [6.45, 7) is 3.75. The number of hydrogen-bond donors (Lipinski definition) is 1.